The second kappa shape index (κ2) is 9.30. The van der Waals surface area contributed by atoms with Crippen LogP contribution >= 0.6 is 11.3 Å². The zero-order valence-electron chi connectivity index (χ0n) is 16.1. The minimum atomic E-state index is 0.106. The Morgan fingerprint density at radius 2 is 1.55 bits per heavy atom. The summed E-state index contributed by atoms with van der Waals surface area (Å²) in [4.78, 5) is 19.4. The highest BCUT2D eigenvalue weighted by Gasteiger charge is 2.16. The molecule has 0 saturated heterocycles. The molecular weight excluding hydrogens is 376 g/mol. The van der Waals surface area contributed by atoms with Gasteiger partial charge in [-0.3, -0.25) is 9.78 Å². The molecule has 4 rings (SSSR count). The van der Waals surface area contributed by atoms with E-state index >= 15 is 0 Å². The van der Waals surface area contributed by atoms with Crippen molar-refractivity contribution < 1.29 is 4.79 Å². The predicted molar refractivity (Wildman–Crippen MR) is 118 cm³/mol. The molecule has 144 valence electrons. The van der Waals surface area contributed by atoms with Gasteiger partial charge in [-0.25, -0.2) is 0 Å². The van der Waals surface area contributed by atoms with Gasteiger partial charge in [0.15, 0.2) is 0 Å². The molecule has 0 spiro atoms. The molecule has 0 unspecified atom stereocenters. The number of amides is 1. The molecule has 3 nitrogen and oxygen atoms in total. The molecule has 0 saturated carbocycles. The van der Waals surface area contributed by atoms with E-state index in [1.807, 2.05) is 58.8 Å². The fourth-order valence-corrected chi connectivity index (χ4v) is 3.91. The maximum absolute atomic E-state index is 13.1. The van der Waals surface area contributed by atoms with Crippen molar-refractivity contribution in [3.8, 4) is 11.1 Å². The number of aromatic nitrogens is 1. The molecule has 0 aliphatic rings. The predicted octanol–water partition coefficient (Wildman–Crippen LogP) is 5.58. The summed E-state index contributed by atoms with van der Waals surface area (Å²) in [5, 5.41) is 4.13. The molecule has 2 aromatic heterocycles. The van der Waals surface area contributed by atoms with Crippen molar-refractivity contribution in [1.82, 2.24) is 9.88 Å². The Bertz CT molecular complexity index is 1030. The summed E-state index contributed by atoms with van der Waals surface area (Å²) in [6.07, 6.45) is 2.15. The minimum Gasteiger partial charge on any atom is -0.332 e. The average Bonchev–Trinajstić information content (AvgIpc) is 3.28. The van der Waals surface area contributed by atoms with Gasteiger partial charge in [-0.05, 0) is 51.2 Å². The second-order valence-corrected chi connectivity index (χ2v) is 7.72. The standard InChI is InChI=1S/C25H22N2OS/c28-25(16-20-9-11-23(12-10-20)22-6-2-1-3-7-22)27(17-21-13-15-29-19-21)18-24-8-4-5-14-26-24/h1-15,19H,16-18H2. The van der Waals surface area contributed by atoms with Crippen molar-refractivity contribution in [3.05, 3.63) is 113 Å². The molecule has 29 heavy (non-hydrogen) atoms. The number of thiophene rings is 1. The molecule has 0 atom stereocenters. The number of carbonyl (C=O) groups excluding carboxylic acids is 1. The molecular formula is C25H22N2OS. The normalized spacial score (nSPS) is 10.6. The summed E-state index contributed by atoms with van der Waals surface area (Å²) in [7, 11) is 0. The Kier molecular flexibility index (Phi) is 6.13. The van der Waals surface area contributed by atoms with Crippen LogP contribution in [-0.2, 0) is 24.3 Å². The molecule has 0 radical (unpaired) electrons. The van der Waals surface area contributed by atoms with Crippen molar-refractivity contribution >= 4 is 17.2 Å². The molecule has 0 fully saturated rings. The van der Waals surface area contributed by atoms with Crippen LogP contribution in [-0.4, -0.2) is 15.8 Å². The quantitative estimate of drug-likeness (QED) is 0.407. The summed E-state index contributed by atoms with van der Waals surface area (Å²) < 4.78 is 0. The van der Waals surface area contributed by atoms with Crippen LogP contribution in [0.4, 0.5) is 0 Å². The van der Waals surface area contributed by atoms with Crippen LogP contribution in [0, 0.1) is 0 Å². The van der Waals surface area contributed by atoms with Crippen LogP contribution < -0.4 is 0 Å². The van der Waals surface area contributed by atoms with Gasteiger partial charge in [-0.1, -0.05) is 60.7 Å². The van der Waals surface area contributed by atoms with E-state index in [0.29, 0.717) is 19.5 Å². The van der Waals surface area contributed by atoms with E-state index in [1.54, 1.807) is 17.5 Å². The molecule has 0 aliphatic heterocycles. The molecule has 0 bridgehead atoms. The van der Waals surface area contributed by atoms with E-state index in [-0.39, 0.29) is 5.91 Å². The van der Waals surface area contributed by atoms with Gasteiger partial charge in [-0.15, -0.1) is 0 Å². The van der Waals surface area contributed by atoms with E-state index in [1.165, 1.54) is 5.56 Å². The van der Waals surface area contributed by atoms with E-state index in [2.05, 4.69) is 40.7 Å². The average molecular weight is 399 g/mol. The number of carbonyl (C=O) groups is 1. The maximum atomic E-state index is 13.1. The van der Waals surface area contributed by atoms with E-state index < -0.39 is 0 Å². The summed E-state index contributed by atoms with van der Waals surface area (Å²) in [6.45, 7) is 1.11. The zero-order valence-corrected chi connectivity index (χ0v) is 16.9. The number of rotatable bonds is 7. The van der Waals surface area contributed by atoms with Gasteiger partial charge in [-0.2, -0.15) is 11.3 Å². The van der Waals surface area contributed by atoms with E-state index in [0.717, 1.165) is 22.4 Å². The molecule has 1 amide bonds. The van der Waals surface area contributed by atoms with E-state index in [4.69, 9.17) is 0 Å². The number of pyridine rings is 1. The zero-order chi connectivity index (χ0) is 19.9. The molecule has 2 aromatic carbocycles. The number of benzene rings is 2. The fraction of sp³-hybridized carbons (Fsp3) is 0.120. The Morgan fingerprint density at radius 3 is 2.24 bits per heavy atom. The molecule has 0 aliphatic carbocycles. The van der Waals surface area contributed by atoms with Crippen LogP contribution in [0.25, 0.3) is 11.1 Å². The largest absolute Gasteiger partial charge is 0.332 e. The SMILES string of the molecule is O=C(Cc1ccc(-c2ccccc2)cc1)N(Cc1ccsc1)Cc1ccccn1. The van der Waals surface area contributed by atoms with Crippen molar-refractivity contribution in [2.45, 2.75) is 19.5 Å². The van der Waals surface area contributed by atoms with Gasteiger partial charge in [0, 0.05) is 12.7 Å². The number of nitrogens with zero attached hydrogens (tertiary/aromatic N) is 2. The summed E-state index contributed by atoms with van der Waals surface area (Å²) in [5.74, 6) is 0.106. The molecule has 4 aromatic rings. The first-order valence-electron chi connectivity index (χ1n) is 9.61. The van der Waals surface area contributed by atoms with E-state index in [9.17, 15) is 4.79 Å². The maximum Gasteiger partial charge on any atom is 0.227 e. The first-order valence-corrected chi connectivity index (χ1v) is 10.6. The highest BCUT2D eigenvalue weighted by Crippen LogP contribution is 2.20. The highest BCUT2D eigenvalue weighted by atomic mass is 32.1. The van der Waals surface area contributed by atoms with Crippen molar-refractivity contribution in [2.75, 3.05) is 0 Å². The Labute approximate surface area is 175 Å². The monoisotopic (exact) mass is 398 g/mol. The van der Waals surface area contributed by atoms with Gasteiger partial charge in [0.1, 0.15) is 0 Å². The summed E-state index contributed by atoms with van der Waals surface area (Å²) >= 11 is 1.65. The van der Waals surface area contributed by atoms with Gasteiger partial charge < -0.3 is 4.90 Å². The topological polar surface area (TPSA) is 33.2 Å². The summed E-state index contributed by atoms with van der Waals surface area (Å²) in [5.41, 5.74) is 5.41. The lowest BCUT2D eigenvalue weighted by Crippen LogP contribution is -2.31. The van der Waals surface area contributed by atoms with Crippen LogP contribution in [0.1, 0.15) is 16.8 Å². The van der Waals surface area contributed by atoms with Crippen molar-refractivity contribution in [3.63, 3.8) is 0 Å². The third kappa shape index (κ3) is 5.18. The third-order valence-corrected chi connectivity index (χ3v) is 5.53. The lowest BCUT2D eigenvalue weighted by molar-refractivity contribution is -0.131. The fourth-order valence-electron chi connectivity index (χ4n) is 3.25. The highest BCUT2D eigenvalue weighted by molar-refractivity contribution is 7.07. The number of hydrogen-bond acceptors (Lipinski definition) is 3. The summed E-state index contributed by atoms with van der Waals surface area (Å²) in [6, 6.07) is 26.4. The van der Waals surface area contributed by atoms with Gasteiger partial charge in [0.25, 0.3) is 0 Å². The second-order valence-electron chi connectivity index (χ2n) is 6.94. The van der Waals surface area contributed by atoms with Crippen LogP contribution in [0.15, 0.2) is 95.8 Å². The van der Waals surface area contributed by atoms with Gasteiger partial charge in [0.2, 0.25) is 5.91 Å². The van der Waals surface area contributed by atoms with Gasteiger partial charge in [0.05, 0.1) is 18.7 Å². The smallest absolute Gasteiger partial charge is 0.227 e. The first kappa shape index (κ1) is 19.1. The first-order chi connectivity index (χ1) is 14.3. The van der Waals surface area contributed by atoms with Crippen molar-refractivity contribution in [2.24, 2.45) is 0 Å². The third-order valence-electron chi connectivity index (χ3n) is 4.80. The van der Waals surface area contributed by atoms with Crippen molar-refractivity contribution in [1.29, 1.82) is 0 Å². The van der Waals surface area contributed by atoms with Crippen LogP contribution in [0.2, 0.25) is 0 Å². The van der Waals surface area contributed by atoms with Gasteiger partial charge >= 0.3 is 0 Å². The Hall–Kier alpha value is -3.24. The Morgan fingerprint density at radius 1 is 0.793 bits per heavy atom. The molecule has 0 N–H and O–H groups in total. The minimum absolute atomic E-state index is 0.106. The lowest BCUT2D eigenvalue weighted by atomic mass is 10.0. The van der Waals surface area contributed by atoms with Crippen LogP contribution in [0.5, 0.6) is 0 Å². The number of hydrogen-bond donors (Lipinski definition) is 0. The molecule has 2 heterocycles. The Balaban J connectivity index is 1.48. The molecule has 4 heteroatoms. The van der Waals surface area contributed by atoms with Crippen LogP contribution in [0.3, 0.4) is 0 Å². The lowest BCUT2D eigenvalue weighted by Gasteiger charge is -2.22.